The van der Waals surface area contributed by atoms with Gasteiger partial charge in [0.2, 0.25) is 27.6 Å². The maximum absolute atomic E-state index is 7.99. The second kappa shape index (κ2) is 21.8. The van der Waals surface area contributed by atoms with Gasteiger partial charge in [0.25, 0.3) is 33.5 Å². The molecule has 0 fully saturated rings. The van der Waals surface area contributed by atoms with Crippen LogP contribution in [0.25, 0.3) is 144 Å². The molecule has 5 aliphatic heterocycles. The largest absolute Gasteiger partial charge is 0.396 e. The number of aromatic nitrogens is 23. The molecule has 0 aliphatic carbocycles. The van der Waals surface area contributed by atoms with Gasteiger partial charge in [-0.2, -0.15) is 34.6 Å². The number of para-hydroxylation sites is 1. The van der Waals surface area contributed by atoms with E-state index in [-0.39, 0.29) is 0 Å². The summed E-state index contributed by atoms with van der Waals surface area (Å²) in [4.78, 5) is 21.2. The van der Waals surface area contributed by atoms with Crippen molar-refractivity contribution in [3.05, 3.63) is 273 Å². The number of hydrogen-bond donors (Lipinski definition) is 0. The minimum absolute atomic E-state index is 0.640. The molecule has 0 spiro atoms. The quantitative estimate of drug-likeness (QED) is 0.142. The number of pyridine rings is 5. The van der Waals surface area contributed by atoms with Crippen LogP contribution in [0.5, 0.6) is 0 Å². The molecule has 25 heteroatoms. The third kappa shape index (κ3) is 8.35. The van der Waals surface area contributed by atoms with Crippen LogP contribution in [0, 0.1) is 0 Å². The van der Waals surface area contributed by atoms with E-state index in [0.29, 0.717) is 17.9 Å². The van der Waals surface area contributed by atoms with Gasteiger partial charge in [-0.05, 0) is 103 Å². The van der Waals surface area contributed by atoms with Crippen LogP contribution in [0.4, 0.5) is 0 Å². The number of benzene rings is 1. The molecule has 103 heavy (non-hydrogen) atoms. The highest BCUT2D eigenvalue weighted by atomic mass is 32.1. The van der Waals surface area contributed by atoms with Gasteiger partial charge in [-0.1, -0.05) is 29.5 Å². The first-order valence-corrected chi connectivity index (χ1v) is 34.4. The SMILES string of the molecule is Cn1c2[n+](c3c1cn1ncccc31)Cc1ccncc1-2.[2H]C([2H])([2H])n1c2[n+](c3c1cn1ncccc31)Cc1ccncc1-2.c1ccc(-n2c3[n+](c4c2cn2ncccc42)Cc2ccncc2-3)cc1.c1cnn2cc3oc4[n+](c3c2c1)Cc1ccncc1-4.c1cnn2cc3sc4[n+](c3c2c1)Cc1ccncc1-4. The van der Waals surface area contributed by atoms with E-state index in [0.717, 1.165) is 98.6 Å². The van der Waals surface area contributed by atoms with Crippen molar-refractivity contribution in [1.29, 1.82) is 0 Å². The average Bonchev–Trinajstić information content (AvgIpc) is 1.56. The van der Waals surface area contributed by atoms with E-state index < -0.39 is 6.98 Å². The minimum Gasteiger partial charge on any atom is -0.396 e. The Labute approximate surface area is 590 Å². The molecule has 0 unspecified atom stereocenters. The third-order valence-electron chi connectivity index (χ3n) is 20.5. The normalized spacial score (nSPS) is 13.5. The van der Waals surface area contributed by atoms with Gasteiger partial charge in [0.15, 0.2) is 24.1 Å². The second-order valence-corrected chi connectivity index (χ2v) is 27.0. The predicted octanol–water partition coefficient (Wildman–Crippen LogP) is 10.1. The van der Waals surface area contributed by atoms with Gasteiger partial charge in [0, 0.05) is 121 Å². The molecule has 21 aromatic rings. The smallest absolute Gasteiger partial charge is 0.384 e. The van der Waals surface area contributed by atoms with E-state index in [1.807, 2.05) is 163 Å². The van der Waals surface area contributed by atoms with Crippen LogP contribution >= 0.6 is 11.3 Å². The first-order valence-electron chi connectivity index (χ1n) is 35.1. The molecular formula is C78H56N23OS+5. The van der Waals surface area contributed by atoms with Crippen LogP contribution in [-0.4, -0.2) is 86.7 Å². The molecule has 24 nitrogen and oxygen atoms in total. The summed E-state index contributed by atoms with van der Waals surface area (Å²) in [5.74, 6) is 3.99. The van der Waals surface area contributed by atoms with Crippen LogP contribution in [0.1, 0.15) is 31.9 Å². The fraction of sp³-hybridized carbons (Fsp3) is 0.0897. The topological polar surface area (TPSA) is 198 Å². The number of thiazole rings is 1. The van der Waals surface area contributed by atoms with E-state index in [2.05, 4.69) is 170 Å². The van der Waals surface area contributed by atoms with E-state index in [1.54, 1.807) is 35.5 Å². The molecule has 0 saturated heterocycles. The van der Waals surface area contributed by atoms with Crippen molar-refractivity contribution in [3.8, 4) is 61.9 Å². The molecular weight excluding hydrogens is 1310 g/mol. The lowest BCUT2D eigenvalue weighted by Gasteiger charge is -2.00. The molecule has 0 saturated carbocycles. The van der Waals surface area contributed by atoms with Gasteiger partial charge in [-0.15, -0.1) is 4.57 Å². The fourth-order valence-corrected chi connectivity index (χ4v) is 17.3. The molecule has 490 valence electrons. The summed E-state index contributed by atoms with van der Waals surface area (Å²) in [5.41, 5.74) is 28.1. The summed E-state index contributed by atoms with van der Waals surface area (Å²) in [5, 5.41) is 23.1. The first kappa shape index (κ1) is 54.1. The summed E-state index contributed by atoms with van der Waals surface area (Å²) in [6, 6.07) is 40.9. The van der Waals surface area contributed by atoms with E-state index in [9.17, 15) is 0 Å². The molecule has 20 aromatic heterocycles. The molecule has 0 N–H and O–H groups in total. The zero-order valence-corrected chi connectivity index (χ0v) is 55.5. The van der Waals surface area contributed by atoms with Gasteiger partial charge in [-0.3, -0.25) is 24.9 Å². The van der Waals surface area contributed by atoms with Gasteiger partial charge >= 0.3 is 5.89 Å². The molecule has 0 radical (unpaired) electrons. The lowest BCUT2D eigenvalue weighted by Crippen LogP contribution is -2.31. The van der Waals surface area contributed by atoms with E-state index in [4.69, 9.17) is 8.53 Å². The maximum Gasteiger partial charge on any atom is 0.384 e. The van der Waals surface area contributed by atoms with Crippen LogP contribution < -0.4 is 22.8 Å². The summed E-state index contributed by atoms with van der Waals surface area (Å²) < 4.78 is 58.0. The van der Waals surface area contributed by atoms with Crippen molar-refractivity contribution >= 4 is 93.3 Å². The van der Waals surface area contributed by atoms with E-state index in [1.165, 1.54) is 92.5 Å². The monoisotopic (exact) mass is 1370 g/mol. The summed E-state index contributed by atoms with van der Waals surface area (Å²) in [6.07, 6.45) is 37.6. The van der Waals surface area contributed by atoms with Gasteiger partial charge in [-0.25, -0.2) is 45.4 Å². The Morgan fingerprint density at radius 1 is 0.359 bits per heavy atom. The standard InChI is InChI=1S/C20H14N5.2C15H12N5.C14H9N4O.C14H9N4S/c1-2-5-15(6-3-1)25-18-13-24-17(7-4-9-22-24)19(18)23-12-14-8-10-21-11-16(14)20(23)25;2*1-18-13-9-20-12(3-2-5-17-20)14(13)19-8-10-4-6-16-7-11(10)15(18)19;2*1-2-11-13-12(8-18(11)16-4-1)19-14-10-6-15-5-3-9(10)7-17(13)14/h1-11,13H,12H2;2*2-7,9H,8H2,1H3;2*1-6,8H,7H2/q5*+1/i;1D3;;;. The molecule has 0 amide bonds. The molecule has 0 bridgehead atoms. The number of hydrogen-bond acceptors (Lipinski definition) is 12. The summed E-state index contributed by atoms with van der Waals surface area (Å²) in [7, 11) is 2.11. The van der Waals surface area contributed by atoms with Gasteiger partial charge in [0.1, 0.15) is 63.2 Å². The number of oxazole rings is 1. The molecule has 26 rings (SSSR count). The first-order chi connectivity index (χ1) is 52.1. The Bertz CT molecular complexity index is 7090. The minimum atomic E-state index is -2.28. The zero-order valence-electron chi connectivity index (χ0n) is 57.7. The van der Waals surface area contributed by atoms with E-state index >= 15 is 0 Å². The van der Waals surface area contributed by atoms with Crippen LogP contribution in [0.2, 0.25) is 0 Å². The molecule has 5 aliphatic rings. The Morgan fingerprint density at radius 3 is 1.32 bits per heavy atom. The Morgan fingerprint density at radius 2 is 0.767 bits per heavy atom. The Hall–Kier alpha value is -13.8. The van der Waals surface area contributed by atoms with Crippen molar-refractivity contribution < 1.29 is 31.4 Å². The predicted molar refractivity (Wildman–Crippen MR) is 384 cm³/mol. The van der Waals surface area contributed by atoms with Crippen molar-refractivity contribution in [2.75, 3.05) is 0 Å². The van der Waals surface area contributed by atoms with Crippen molar-refractivity contribution in [2.24, 2.45) is 14.0 Å². The van der Waals surface area contributed by atoms with Crippen molar-refractivity contribution in [1.82, 2.24) is 86.7 Å². The number of nitrogens with zero attached hydrogens (tertiary/aromatic N) is 23. The molecule has 1 aromatic carbocycles. The Balaban J connectivity index is 0.0000000830. The fourth-order valence-electron chi connectivity index (χ4n) is 16.1. The van der Waals surface area contributed by atoms with Gasteiger partial charge in [0.05, 0.1) is 71.4 Å². The highest BCUT2D eigenvalue weighted by Gasteiger charge is 2.41. The third-order valence-corrected chi connectivity index (χ3v) is 21.7. The van der Waals surface area contributed by atoms with Gasteiger partial charge < -0.3 is 4.42 Å². The summed E-state index contributed by atoms with van der Waals surface area (Å²) in [6.45, 7) is 1.89. The van der Waals surface area contributed by atoms with Crippen LogP contribution in [0.3, 0.4) is 0 Å². The number of fused-ring (bicyclic) bond motifs is 35. The maximum atomic E-state index is 7.99. The van der Waals surface area contributed by atoms with Crippen LogP contribution in [-0.2, 0) is 46.7 Å². The number of rotatable bonds is 1. The van der Waals surface area contributed by atoms with Crippen molar-refractivity contribution in [3.63, 3.8) is 0 Å². The lowest BCUT2D eigenvalue weighted by molar-refractivity contribution is -0.648. The van der Waals surface area contributed by atoms with Crippen LogP contribution in [0.15, 0.2) is 250 Å². The second-order valence-electron chi connectivity index (χ2n) is 26.0. The highest BCUT2D eigenvalue weighted by molar-refractivity contribution is 7.21. The lowest BCUT2D eigenvalue weighted by atomic mass is 10.1. The number of imidazole rings is 3. The summed E-state index contributed by atoms with van der Waals surface area (Å²) >= 11 is 1.82. The highest BCUT2D eigenvalue weighted by Crippen LogP contribution is 2.40. The zero-order chi connectivity index (χ0) is 70.2. The Kier molecular flexibility index (Phi) is 11.5. The molecule has 0 atom stereocenters. The molecule has 25 heterocycles. The van der Waals surface area contributed by atoms with Crippen molar-refractivity contribution in [2.45, 2.75) is 32.7 Å². The average molecular weight is 1370 g/mol. The number of aryl methyl sites for hydroxylation is 2.